The molecular formula is C19H15ClF4N6O. The predicted molar refractivity (Wildman–Crippen MR) is 104 cm³/mol. The third kappa shape index (κ3) is 4.05. The van der Waals surface area contributed by atoms with E-state index in [4.69, 9.17) is 16.3 Å². The van der Waals surface area contributed by atoms with Gasteiger partial charge in [-0.15, -0.1) is 0 Å². The van der Waals surface area contributed by atoms with E-state index in [9.17, 15) is 17.6 Å². The number of pyridine rings is 1. The fraction of sp³-hybridized carbons (Fsp3) is 0.263. The van der Waals surface area contributed by atoms with Gasteiger partial charge in [-0.05, 0) is 30.7 Å². The molecule has 0 spiro atoms. The molecule has 0 radical (unpaired) electrons. The highest BCUT2D eigenvalue weighted by Crippen LogP contribution is 2.31. The molecule has 0 amide bonds. The molecule has 0 fully saturated rings. The normalized spacial score (nSPS) is 12.0. The second kappa shape index (κ2) is 7.80. The molecule has 4 heterocycles. The molecule has 0 aliphatic carbocycles. The standard InChI is InChI=1S/C19H15ClF4N6O/c1-3-30-8-13(19(22,23)24)27-16(30)14-11(21)6-10(7-25-14)9-31-17-15-12(4-5-29(15)2)26-18(20)28-17/h4-8H,3,9H2,1-2H3. The van der Waals surface area contributed by atoms with E-state index >= 15 is 0 Å². The van der Waals surface area contributed by atoms with Crippen molar-refractivity contribution in [2.45, 2.75) is 26.3 Å². The smallest absolute Gasteiger partial charge is 0.434 e. The van der Waals surface area contributed by atoms with Gasteiger partial charge in [-0.25, -0.2) is 19.3 Å². The van der Waals surface area contributed by atoms with Crippen molar-refractivity contribution in [1.82, 2.24) is 29.1 Å². The number of fused-ring (bicyclic) bond motifs is 1. The first-order chi connectivity index (χ1) is 14.7. The number of imidazole rings is 1. The molecule has 31 heavy (non-hydrogen) atoms. The zero-order chi connectivity index (χ0) is 22.3. The van der Waals surface area contributed by atoms with Gasteiger partial charge in [-0.1, -0.05) is 0 Å². The Morgan fingerprint density at radius 2 is 1.97 bits per heavy atom. The summed E-state index contributed by atoms with van der Waals surface area (Å²) in [5.74, 6) is -0.809. The molecule has 162 valence electrons. The Bertz CT molecular complexity index is 1270. The Morgan fingerprint density at radius 1 is 1.19 bits per heavy atom. The van der Waals surface area contributed by atoms with Crippen LogP contribution in [0.2, 0.25) is 5.28 Å². The van der Waals surface area contributed by atoms with Crippen LogP contribution in [0.25, 0.3) is 22.6 Å². The van der Waals surface area contributed by atoms with Gasteiger partial charge in [-0.3, -0.25) is 0 Å². The van der Waals surface area contributed by atoms with Gasteiger partial charge in [0.05, 0.1) is 5.52 Å². The third-order valence-corrected chi connectivity index (χ3v) is 4.72. The molecule has 4 rings (SSSR count). The van der Waals surface area contributed by atoms with E-state index in [0.29, 0.717) is 16.6 Å². The molecule has 0 bridgehead atoms. The van der Waals surface area contributed by atoms with Gasteiger partial charge in [0, 0.05) is 37.7 Å². The zero-order valence-corrected chi connectivity index (χ0v) is 17.0. The van der Waals surface area contributed by atoms with E-state index in [0.717, 1.165) is 12.3 Å². The molecule has 7 nitrogen and oxygen atoms in total. The van der Waals surface area contributed by atoms with Crippen molar-refractivity contribution in [3.63, 3.8) is 0 Å². The maximum atomic E-state index is 14.7. The number of alkyl halides is 3. The quantitative estimate of drug-likeness (QED) is 0.324. The van der Waals surface area contributed by atoms with E-state index < -0.39 is 17.7 Å². The fourth-order valence-electron chi connectivity index (χ4n) is 3.08. The number of hydrogen-bond donors (Lipinski definition) is 0. The Hall–Kier alpha value is -3.21. The Balaban J connectivity index is 1.61. The number of ether oxygens (including phenoxy) is 1. The minimum absolute atomic E-state index is 0.000208. The van der Waals surface area contributed by atoms with Crippen molar-refractivity contribution in [2.24, 2.45) is 7.05 Å². The lowest BCUT2D eigenvalue weighted by Crippen LogP contribution is -2.05. The van der Waals surface area contributed by atoms with Crippen LogP contribution >= 0.6 is 11.6 Å². The summed E-state index contributed by atoms with van der Waals surface area (Å²) in [6.45, 7) is 1.71. The highest BCUT2D eigenvalue weighted by molar-refractivity contribution is 6.28. The molecular weight excluding hydrogens is 440 g/mol. The van der Waals surface area contributed by atoms with Gasteiger partial charge in [0.2, 0.25) is 11.2 Å². The largest absolute Gasteiger partial charge is 0.471 e. The third-order valence-electron chi connectivity index (χ3n) is 4.55. The van der Waals surface area contributed by atoms with Crippen molar-refractivity contribution in [3.8, 4) is 17.4 Å². The lowest BCUT2D eigenvalue weighted by atomic mass is 10.2. The molecule has 0 N–H and O–H groups in total. The molecule has 0 aliphatic heterocycles. The van der Waals surface area contributed by atoms with Crippen LogP contribution in [0, 0.1) is 5.82 Å². The van der Waals surface area contributed by atoms with E-state index in [2.05, 4.69) is 19.9 Å². The van der Waals surface area contributed by atoms with Crippen LogP contribution in [0.5, 0.6) is 5.88 Å². The second-order valence-corrected chi connectivity index (χ2v) is 6.99. The van der Waals surface area contributed by atoms with Crippen LogP contribution in [0.15, 0.2) is 30.7 Å². The number of halogens is 5. The van der Waals surface area contributed by atoms with E-state index in [1.807, 2.05) is 0 Å². The van der Waals surface area contributed by atoms with E-state index in [-0.39, 0.29) is 35.8 Å². The van der Waals surface area contributed by atoms with Gasteiger partial charge in [0.15, 0.2) is 17.3 Å². The topological polar surface area (TPSA) is 70.7 Å². The van der Waals surface area contributed by atoms with Crippen LogP contribution in [0.3, 0.4) is 0 Å². The summed E-state index contributed by atoms with van der Waals surface area (Å²) in [6.07, 6.45) is -0.729. The van der Waals surface area contributed by atoms with E-state index in [1.54, 1.807) is 30.8 Å². The number of rotatable bonds is 5. The molecule has 0 aliphatic rings. The van der Waals surface area contributed by atoms with Gasteiger partial charge >= 0.3 is 6.18 Å². The maximum Gasteiger partial charge on any atom is 0.434 e. The lowest BCUT2D eigenvalue weighted by Gasteiger charge is -2.10. The van der Waals surface area contributed by atoms with Gasteiger partial charge < -0.3 is 13.9 Å². The lowest BCUT2D eigenvalue weighted by molar-refractivity contribution is -0.140. The summed E-state index contributed by atoms with van der Waals surface area (Å²) in [6, 6.07) is 2.88. The number of hydrogen-bond acceptors (Lipinski definition) is 5. The van der Waals surface area contributed by atoms with Crippen LogP contribution in [-0.4, -0.2) is 29.1 Å². The molecule has 12 heteroatoms. The van der Waals surface area contributed by atoms with Crippen molar-refractivity contribution < 1.29 is 22.3 Å². The van der Waals surface area contributed by atoms with E-state index in [1.165, 1.54) is 10.8 Å². The summed E-state index contributed by atoms with van der Waals surface area (Å²) in [5.41, 5.74) is 0.160. The molecule has 0 saturated carbocycles. The predicted octanol–water partition coefficient (Wildman–Crippen LogP) is 4.64. The summed E-state index contributed by atoms with van der Waals surface area (Å²) >= 11 is 5.92. The molecule has 0 saturated heterocycles. The highest BCUT2D eigenvalue weighted by Gasteiger charge is 2.35. The highest BCUT2D eigenvalue weighted by atomic mass is 35.5. The van der Waals surface area contributed by atoms with Crippen molar-refractivity contribution in [1.29, 1.82) is 0 Å². The summed E-state index contributed by atoms with van der Waals surface area (Å²) < 4.78 is 62.3. The summed E-state index contributed by atoms with van der Waals surface area (Å²) in [7, 11) is 1.79. The van der Waals surface area contributed by atoms with Crippen LogP contribution in [-0.2, 0) is 26.4 Å². The monoisotopic (exact) mass is 454 g/mol. The summed E-state index contributed by atoms with van der Waals surface area (Å²) in [4.78, 5) is 15.7. The summed E-state index contributed by atoms with van der Waals surface area (Å²) in [5, 5.41) is 0.000208. The van der Waals surface area contributed by atoms with Gasteiger partial charge in [-0.2, -0.15) is 18.2 Å². The number of aromatic nitrogens is 6. The fourth-order valence-corrected chi connectivity index (χ4v) is 3.25. The van der Waals surface area contributed by atoms with Gasteiger partial charge in [0.25, 0.3) is 0 Å². The Kier molecular flexibility index (Phi) is 5.29. The average Bonchev–Trinajstić information content (AvgIpc) is 3.30. The minimum atomic E-state index is -4.64. The first-order valence-corrected chi connectivity index (χ1v) is 9.45. The van der Waals surface area contributed by atoms with Crippen molar-refractivity contribution in [2.75, 3.05) is 0 Å². The van der Waals surface area contributed by atoms with Crippen LogP contribution < -0.4 is 4.74 Å². The molecule has 4 aromatic rings. The molecule has 0 aromatic carbocycles. The second-order valence-electron chi connectivity index (χ2n) is 6.65. The Labute approximate surface area is 178 Å². The van der Waals surface area contributed by atoms with Gasteiger partial charge in [0.1, 0.15) is 17.8 Å². The number of aryl methyl sites for hydroxylation is 2. The minimum Gasteiger partial charge on any atom is -0.471 e. The first kappa shape index (κ1) is 21.0. The first-order valence-electron chi connectivity index (χ1n) is 9.08. The van der Waals surface area contributed by atoms with Crippen LogP contribution in [0.1, 0.15) is 18.2 Å². The molecule has 0 atom stereocenters. The molecule has 4 aromatic heterocycles. The van der Waals surface area contributed by atoms with Crippen LogP contribution in [0.4, 0.5) is 17.6 Å². The maximum absolute atomic E-state index is 14.7. The Morgan fingerprint density at radius 3 is 2.65 bits per heavy atom. The zero-order valence-electron chi connectivity index (χ0n) is 16.3. The average molecular weight is 455 g/mol. The SMILES string of the molecule is CCn1cc(C(F)(F)F)nc1-c1ncc(COc2nc(Cl)nc3ccn(C)c23)cc1F. The number of nitrogens with zero attached hydrogens (tertiary/aromatic N) is 6. The van der Waals surface area contributed by atoms with Crippen molar-refractivity contribution >= 4 is 22.6 Å². The van der Waals surface area contributed by atoms with Crippen molar-refractivity contribution in [3.05, 3.63) is 53.1 Å². The molecule has 0 unspecified atom stereocenters.